The van der Waals surface area contributed by atoms with Crippen LogP contribution in [0.15, 0.2) is 18.2 Å². The summed E-state index contributed by atoms with van der Waals surface area (Å²) in [5.41, 5.74) is -0.908. The van der Waals surface area contributed by atoms with Gasteiger partial charge in [-0.2, -0.15) is 13.2 Å². The summed E-state index contributed by atoms with van der Waals surface area (Å²) in [4.78, 5) is 14.0. The van der Waals surface area contributed by atoms with Crippen LogP contribution in [0.5, 0.6) is 0 Å². The molecule has 2 N–H and O–H groups in total. The molecular formula is C15H19ClF3N3O2. The van der Waals surface area contributed by atoms with Crippen LogP contribution in [0, 0.1) is 0 Å². The van der Waals surface area contributed by atoms with Crippen LogP contribution in [0.3, 0.4) is 0 Å². The van der Waals surface area contributed by atoms with E-state index in [0.717, 1.165) is 31.8 Å². The van der Waals surface area contributed by atoms with Crippen molar-refractivity contribution in [1.82, 2.24) is 10.2 Å². The fourth-order valence-corrected chi connectivity index (χ4v) is 2.51. The third-order valence-electron chi connectivity index (χ3n) is 3.55. The van der Waals surface area contributed by atoms with Crippen LogP contribution >= 0.6 is 11.6 Å². The average Bonchev–Trinajstić information content (AvgIpc) is 2.53. The number of carbonyl (C=O) groups is 1. The van der Waals surface area contributed by atoms with Crippen LogP contribution in [-0.4, -0.2) is 56.7 Å². The minimum absolute atomic E-state index is 0.0221. The Labute approximate surface area is 143 Å². The molecule has 1 heterocycles. The summed E-state index contributed by atoms with van der Waals surface area (Å²) in [5, 5.41) is 4.99. The molecule has 0 bridgehead atoms. The largest absolute Gasteiger partial charge is 0.417 e. The zero-order valence-electron chi connectivity index (χ0n) is 13.0. The molecule has 1 saturated heterocycles. The number of morpholine rings is 1. The van der Waals surface area contributed by atoms with Crippen molar-refractivity contribution < 1.29 is 22.7 Å². The van der Waals surface area contributed by atoms with Crippen molar-refractivity contribution in [3.8, 4) is 0 Å². The molecule has 9 heteroatoms. The molecule has 1 aromatic rings. The predicted octanol–water partition coefficient (Wildman–Crippen LogP) is 2.22. The molecule has 1 aromatic carbocycles. The predicted molar refractivity (Wildman–Crippen MR) is 85.2 cm³/mol. The van der Waals surface area contributed by atoms with Gasteiger partial charge in [-0.3, -0.25) is 9.69 Å². The summed E-state index contributed by atoms with van der Waals surface area (Å²) in [5.74, 6) is -0.410. The first-order valence-electron chi connectivity index (χ1n) is 7.53. The van der Waals surface area contributed by atoms with E-state index in [9.17, 15) is 18.0 Å². The molecular weight excluding hydrogens is 347 g/mol. The standard InChI is InChI=1S/C15H19ClF3N3O2/c16-13-2-1-11(9-12(13)15(17,18)19)21-14(23)10-20-3-4-22-5-7-24-8-6-22/h1-2,9,20H,3-8,10H2,(H,21,23). The van der Waals surface area contributed by atoms with Crippen LogP contribution in [0.25, 0.3) is 0 Å². The molecule has 2 rings (SSSR count). The lowest BCUT2D eigenvalue weighted by molar-refractivity contribution is -0.137. The number of halogens is 4. The monoisotopic (exact) mass is 365 g/mol. The lowest BCUT2D eigenvalue weighted by atomic mass is 10.2. The van der Waals surface area contributed by atoms with Gasteiger partial charge in [-0.05, 0) is 18.2 Å². The highest BCUT2D eigenvalue weighted by molar-refractivity contribution is 6.31. The normalized spacial score (nSPS) is 16.2. The van der Waals surface area contributed by atoms with Gasteiger partial charge in [0.2, 0.25) is 5.91 Å². The number of rotatable bonds is 6. The summed E-state index contributed by atoms with van der Waals surface area (Å²) in [6, 6.07) is 3.28. The van der Waals surface area contributed by atoms with E-state index in [0.29, 0.717) is 19.8 Å². The molecule has 5 nitrogen and oxygen atoms in total. The lowest BCUT2D eigenvalue weighted by Gasteiger charge is -2.26. The number of benzene rings is 1. The number of hydrogen-bond acceptors (Lipinski definition) is 4. The van der Waals surface area contributed by atoms with E-state index < -0.39 is 22.7 Å². The van der Waals surface area contributed by atoms with Crippen LogP contribution in [0.1, 0.15) is 5.56 Å². The zero-order chi connectivity index (χ0) is 17.6. The van der Waals surface area contributed by atoms with Gasteiger partial charge in [0.15, 0.2) is 0 Å². The van der Waals surface area contributed by atoms with Crippen molar-refractivity contribution in [3.63, 3.8) is 0 Å². The minimum atomic E-state index is -4.56. The third-order valence-corrected chi connectivity index (χ3v) is 3.88. The fraction of sp³-hybridized carbons (Fsp3) is 0.533. The first-order valence-corrected chi connectivity index (χ1v) is 7.91. The van der Waals surface area contributed by atoms with Gasteiger partial charge >= 0.3 is 6.18 Å². The molecule has 0 spiro atoms. The molecule has 1 fully saturated rings. The van der Waals surface area contributed by atoms with Gasteiger partial charge in [0.05, 0.1) is 30.3 Å². The maximum Gasteiger partial charge on any atom is 0.417 e. The molecule has 24 heavy (non-hydrogen) atoms. The smallest absolute Gasteiger partial charge is 0.379 e. The first-order chi connectivity index (χ1) is 11.4. The maximum atomic E-state index is 12.8. The van der Waals surface area contributed by atoms with Crippen molar-refractivity contribution >= 4 is 23.2 Å². The minimum Gasteiger partial charge on any atom is -0.379 e. The maximum absolute atomic E-state index is 12.8. The Morgan fingerprint density at radius 2 is 2.00 bits per heavy atom. The topological polar surface area (TPSA) is 53.6 Å². The molecule has 0 aromatic heterocycles. The van der Waals surface area contributed by atoms with E-state index in [-0.39, 0.29) is 12.2 Å². The quantitative estimate of drug-likeness (QED) is 0.759. The van der Waals surface area contributed by atoms with E-state index in [1.807, 2.05) is 0 Å². The van der Waals surface area contributed by atoms with E-state index in [1.54, 1.807) is 0 Å². The van der Waals surface area contributed by atoms with E-state index in [4.69, 9.17) is 16.3 Å². The first kappa shape index (κ1) is 19.0. The summed E-state index contributed by atoms with van der Waals surface area (Å²) in [7, 11) is 0. The molecule has 1 aliphatic heterocycles. The second-order valence-corrected chi connectivity index (χ2v) is 5.78. The van der Waals surface area contributed by atoms with Gasteiger partial charge in [-0.25, -0.2) is 0 Å². The molecule has 134 valence electrons. The van der Waals surface area contributed by atoms with Gasteiger partial charge in [0.25, 0.3) is 0 Å². The summed E-state index contributed by atoms with van der Waals surface area (Å²) in [6.07, 6.45) is -4.56. The second-order valence-electron chi connectivity index (χ2n) is 5.37. The number of carbonyl (C=O) groups excluding carboxylic acids is 1. The van der Waals surface area contributed by atoms with Crippen molar-refractivity contribution in [1.29, 1.82) is 0 Å². The van der Waals surface area contributed by atoms with Crippen LogP contribution < -0.4 is 10.6 Å². The number of ether oxygens (including phenoxy) is 1. The molecule has 0 saturated carbocycles. The van der Waals surface area contributed by atoms with Gasteiger partial charge in [-0.1, -0.05) is 11.6 Å². The zero-order valence-corrected chi connectivity index (χ0v) is 13.7. The second kappa shape index (κ2) is 8.66. The SMILES string of the molecule is O=C(CNCCN1CCOCC1)Nc1ccc(Cl)c(C(F)(F)F)c1. The van der Waals surface area contributed by atoms with E-state index in [1.165, 1.54) is 6.07 Å². The van der Waals surface area contributed by atoms with E-state index >= 15 is 0 Å². The summed E-state index contributed by atoms with van der Waals surface area (Å²) >= 11 is 5.54. The highest BCUT2D eigenvalue weighted by Gasteiger charge is 2.33. The highest BCUT2D eigenvalue weighted by Crippen LogP contribution is 2.36. The Balaban J connectivity index is 1.76. The van der Waals surface area contributed by atoms with Crippen molar-refractivity contribution in [2.75, 3.05) is 51.3 Å². The van der Waals surface area contributed by atoms with Crippen LogP contribution in [0.4, 0.5) is 18.9 Å². The number of nitrogens with zero attached hydrogens (tertiary/aromatic N) is 1. The van der Waals surface area contributed by atoms with Gasteiger partial charge in [-0.15, -0.1) is 0 Å². The Morgan fingerprint density at radius 3 is 2.67 bits per heavy atom. The number of hydrogen-bond donors (Lipinski definition) is 2. The number of nitrogens with one attached hydrogen (secondary N) is 2. The summed E-state index contributed by atoms with van der Waals surface area (Å²) in [6.45, 7) is 4.56. The van der Waals surface area contributed by atoms with Gasteiger partial charge in [0, 0.05) is 31.9 Å². The average molecular weight is 366 g/mol. The third kappa shape index (κ3) is 5.94. The number of anilines is 1. The van der Waals surface area contributed by atoms with Crippen LogP contribution in [0.2, 0.25) is 5.02 Å². The Bertz CT molecular complexity index is 563. The van der Waals surface area contributed by atoms with Gasteiger partial charge in [0.1, 0.15) is 0 Å². The molecule has 0 unspecified atom stereocenters. The molecule has 0 radical (unpaired) electrons. The molecule has 1 amide bonds. The van der Waals surface area contributed by atoms with Crippen molar-refractivity contribution in [2.45, 2.75) is 6.18 Å². The van der Waals surface area contributed by atoms with Crippen molar-refractivity contribution in [2.24, 2.45) is 0 Å². The Kier molecular flexibility index (Phi) is 6.85. The van der Waals surface area contributed by atoms with Gasteiger partial charge < -0.3 is 15.4 Å². The van der Waals surface area contributed by atoms with E-state index in [2.05, 4.69) is 15.5 Å². The molecule has 1 aliphatic rings. The Morgan fingerprint density at radius 1 is 1.29 bits per heavy atom. The van der Waals surface area contributed by atoms with Crippen LogP contribution in [-0.2, 0) is 15.7 Å². The molecule has 0 atom stereocenters. The highest BCUT2D eigenvalue weighted by atomic mass is 35.5. The number of alkyl halides is 3. The van der Waals surface area contributed by atoms with Crippen molar-refractivity contribution in [3.05, 3.63) is 28.8 Å². The lowest BCUT2D eigenvalue weighted by Crippen LogP contribution is -2.41. The Hall–Kier alpha value is -1.35. The summed E-state index contributed by atoms with van der Waals surface area (Å²) < 4.78 is 43.5. The number of amides is 1. The molecule has 0 aliphatic carbocycles. The fourth-order valence-electron chi connectivity index (χ4n) is 2.29.